The Kier molecular flexibility index (Phi) is 5.11. The van der Waals surface area contributed by atoms with Gasteiger partial charge in [0.05, 0.1) is 11.9 Å². The fraction of sp³-hybridized carbons (Fsp3) is 0.167. The van der Waals surface area contributed by atoms with Gasteiger partial charge in [0.15, 0.2) is 5.82 Å². The maximum absolute atomic E-state index is 12.2. The molecule has 138 valence electrons. The first-order chi connectivity index (χ1) is 12.9. The largest absolute Gasteiger partial charge is 0.376 e. The fourth-order valence-electron chi connectivity index (χ4n) is 2.27. The molecule has 0 radical (unpaired) electrons. The summed E-state index contributed by atoms with van der Waals surface area (Å²) in [5, 5.41) is 17.8. The van der Waals surface area contributed by atoms with Crippen molar-refractivity contribution in [3.63, 3.8) is 0 Å². The molecule has 2 heterocycles. The van der Waals surface area contributed by atoms with E-state index in [-0.39, 0.29) is 11.3 Å². The van der Waals surface area contributed by atoms with Gasteiger partial charge in [-0.3, -0.25) is 9.59 Å². The Morgan fingerprint density at radius 3 is 2.44 bits per heavy atom. The molecule has 9 nitrogen and oxygen atoms in total. The van der Waals surface area contributed by atoms with Crippen LogP contribution in [0.25, 0.3) is 0 Å². The molecule has 0 aliphatic carbocycles. The van der Waals surface area contributed by atoms with Crippen molar-refractivity contribution in [2.75, 3.05) is 29.6 Å². The predicted octanol–water partition coefficient (Wildman–Crippen LogP) is 1.63. The predicted molar refractivity (Wildman–Crippen MR) is 104 cm³/mol. The summed E-state index contributed by atoms with van der Waals surface area (Å²) in [6.07, 6.45) is 1.68. The summed E-state index contributed by atoms with van der Waals surface area (Å²) in [7, 11) is 5.35. The Morgan fingerprint density at radius 1 is 1.07 bits per heavy atom. The third-order valence-electron chi connectivity index (χ3n) is 3.76. The van der Waals surface area contributed by atoms with Gasteiger partial charge in [-0.05, 0) is 30.3 Å². The Morgan fingerprint density at radius 2 is 1.78 bits per heavy atom. The average molecular weight is 365 g/mol. The first-order valence-electron chi connectivity index (χ1n) is 8.15. The highest BCUT2D eigenvalue weighted by Crippen LogP contribution is 2.20. The molecule has 1 amide bonds. The molecule has 2 aromatic heterocycles. The van der Waals surface area contributed by atoms with Crippen LogP contribution in [0.15, 0.2) is 53.5 Å². The number of amides is 1. The molecule has 1 aromatic carbocycles. The summed E-state index contributed by atoms with van der Waals surface area (Å²) in [6.45, 7) is 0. The molecule has 2 N–H and O–H groups in total. The van der Waals surface area contributed by atoms with Gasteiger partial charge in [0.1, 0.15) is 5.69 Å². The van der Waals surface area contributed by atoms with Crippen LogP contribution >= 0.6 is 0 Å². The molecule has 0 saturated carbocycles. The summed E-state index contributed by atoms with van der Waals surface area (Å²) in [5.41, 5.74) is 2.23. The van der Waals surface area contributed by atoms with Crippen molar-refractivity contribution < 1.29 is 4.79 Å². The second-order valence-corrected chi connectivity index (χ2v) is 6.03. The lowest BCUT2D eigenvalue weighted by Crippen LogP contribution is -2.23. The lowest BCUT2D eigenvalue weighted by molar-refractivity contribution is 0.102. The van der Waals surface area contributed by atoms with E-state index in [0.29, 0.717) is 11.5 Å². The molecule has 0 unspecified atom stereocenters. The van der Waals surface area contributed by atoms with Crippen LogP contribution in [-0.4, -0.2) is 40.0 Å². The SMILES string of the molecule is CN(C)c1cnnc(Nc2ccc(NC(=O)c3ccc(=O)n(C)n3)cc2)c1. The van der Waals surface area contributed by atoms with Gasteiger partial charge in [0, 0.05) is 44.7 Å². The van der Waals surface area contributed by atoms with Crippen molar-refractivity contribution in [3.05, 3.63) is 64.7 Å². The van der Waals surface area contributed by atoms with E-state index in [4.69, 9.17) is 0 Å². The summed E-state index contributed by atoms with van der Waals surface area (Å²) in [6, 6.07) is 11.7. The molecule has 3 rings (SSSR count). The van der Waals surface area contributed by atoms with Crippen LogP contribution in [-0.2, 0) is 7.05 Å². The van der Waals surface area contributed by atoms with Crippen LogP contribution in [0.4, 0.5) is 22.9 Å². The lowest BCUT2D eigenvalue weighted by Gasteiger charge is -2.13. The van der Waals surface area contributed by atoms with Crippen LogP contribution in [0.3, 0.4) is 0 Å². The zero-order valence-electron chi connectivity index (χ0n) is 15.2. The van der Waals surface area contributed by atoms with Crippen LogP contribution < -0.4 is 21.1 Å². The molecule has 0 atom stereocenters. The molecular weight excluding hydrogens is 346 g/mol. The van der Waals surface area contributed by atoms with Gasteiger partial charge in [-0.15, -0.1) is 5.10 Å². The van der Waals surface area contributed by atoms with Crippen molar-refractivity contribution in [2.45, 2.75) is 0 Å². The zero-order chi connectivity index (χ0) is 19.4. The quantitative estimate of drug-likeness (QED) is 0.708. The number of aryl methyl sites for hydroxylation is 1. The first-order valence-corrected chi connectivity index (χ1v) is 8.15. The van der Waals surface area contributed by atoms with E-state index in [9.17, 15) is 9.59 Å². The second-order valence-electron chi connectivity index (χ2n) is 6.03. The number of carbonyl (C=O) groups is 1. The number of nitrogens with zero attached hydrogens (tertiary/aromatic N) is 5. The molecule has 0 saturated heterocycles. The van der Waals surface area contributed by atoms with Crippen molar-refractivity contribution in [3.8, 4) is 0 Å². The average Bonchev–Trinajstić information content (AvgIpc) is 2.65. The number of nitrogens with one attached hydrogen (secondary N) is 2. The third-order valence-corrected chi connectivity index (χ3v) is 3.76. The van der Waals surface area contributed by atoms with Crippen LogP contribution in [0, 0.1) is 0 Å². The van der Waals surface area contributed by atoms with Crippen molar-refractivity contribution >= 4 is 28.8 Å². The number of hydrogen-bond acceptors (Lipinski definition) is 7. The minimum atomic E-state index is -0.393. The van der Waals surface area contributed by atoms with E-state index in [1.165, 1.54) is 19.2 Å². The maximum Gasteiger partial charge on any atom is 0.276 e. The van der Waals surface area contributed by atoms with Gasteiger partial charge < -0.3 is 15.5 Å². The summed E-state index contributed by atoms with van der Waals surface area (Å²) in [4.78, 5) is 25.5. The Bertz CT molecular complexity index is 1010. The van der Waals surface area contributed by atoms with Gasteiger partial charge in [-0.25, -0.2) is 4.68 Å². The summed E-state index contributed by atoms with van der Waals surface area (Å²) < 4.78 is 1.12. The summed E-state index contributed by atoms with van der Waals surface area (Å²) >= 11 is 0. The fourth-order valence-corrected chi connectivity index (χ4v) is 2.27. The van der Waals surface area contributed by atoms with Gasteiger partial charge in [0.25, 0.3) is 11.5 Å². The van der Waals surface area contributed by atoms with Crippen LogP contribution in [0.1, 0.15) is 10.5 Å². The topological polar surface area (TPSA) is 105 Å². The number of anilines is 4. The molecule has 0 bridgehead atoms. The molecule has 0 aliphatic rings. The van der Waals surface area contributed by atoms with Crippen LogP contribution in [0.2, 0.25) is 0 Å². The zero-order valence-corrected chi connectivity index (χ0v) is 15.2. The van der Waals surface area contributed by atoms with Gasteiger partial charge in [-0.1, -0.05) is 0 Å². The van der Waals surface area contributed by atoms with Gasteiger partial charge >= 0.3 is 0 Å². The number of hydrogen-bond donors (Lipinski definition) is 2. The monoisotopic (exact) mass is 365 g/mol. The molecule has 0 fully saturated rings. The first kappa shape index (κ1) is 18.1. The molecule has 0 spiro atoms. The minimum Gasteiger partial charge on any atom is -0.376 e. The van der Waals surface area contributed by atoms with Gasteiger partial charge in [0.2, 0.25) is 0 Å². The maximum atomic E-state index is 12.2. The number of carbonyl (C=O) groups excluding carboxylic acids is 1. The second kappa shape index (κ2) is 7.65. The van der Waals surface area contributed by atoms with Crippen molar-refractivity contribution in [1.29, 1.82) is 0 Å². The van der Waals surface area contributed by atoms with E-state index in [1.807, 2.05) is 37.2 Å². The van der Waals surface area contributed by atoms with Gasteiger partial charge in [-0.2, -0.15) is 10.2 Å². The smallest absolute Gasteiger partial charge is 0.276 e. The molecule has 27 heavy (non-hydrogen) atoms. The standard InChI is InChI=1S/C18H19N7O2/c1-24(2)14-10-16(22-19-11-14)20-12-4-6-13(7-5-12)21-18(27)15-8-9-17(26)25(3)23-15/h4-11H,1-3H3,(H,20,22)(H,21,27). The number of aromatic nitrogens is 4. The highest BCUT2D eigenvalue weighted by molar-refractivity contribution is 6.02. The Labute approximate surface area is 155 Å². The number of rotatable bonds is 5. The highest BCUT2D eigenvalue weighted by Gasteiger charge is 2.09. The molecule has 0 aliphatic heterocycles. The number of benzene rings is 1. The lowest BCUT2D eigenvalue weighted by atomic mass is 10.2. The minimum absolute atomic E-state index is 0.162. The molecular formula is C18H19N7O2. The normalized spacial score (nSPS) is 10.3. The Balaban J connectivity index is 1.68. The summed E-state index contributed by atoms with van der Waals surface area (Å²) in [5.74, 6) is 0.225. The van der Waals surface area contributed by atoms with E-state index >= 15 is 0 Å². The Hall–Kier alpha value is -3.75. The van der Waals surface area contributed by atoms with Crippen LogP contribution in [0.5, 0.6) is 0 Å². The molecule has 3 aromatic rings. The third kappa shape index (κ3) is 4.46. The van der Waals surface area contributed by atoms with E-state index in [0.717, 1.165) is 16.1 Å². The highest BCUT2D eigenvalue weighted by atomic mass is 16.2. The van der Waals surface area contributed by atoms with E-state index < -0.39 is 5.91 Å². The molecule has 9 heteroatoms. The van der Waals surface area contributed by atoms with Crippen molar-refractivity contribution in [2.24, 2.45) is 7.05 Å². The van der Waals surface area contributed by atoms with Crippen molar-refractivity contribution in [1.82, 2.24) is 20.0 Å². The van der Waals surface area contributed by atoms with E-state index in [2.05, 4.69) is 25.9 Å². The van der Waals surface area contributed by atoms with E-state index in [1.54, 1.807) is 18.3 Å².